The summed E-state index contributed by atoms with van der Waals surface area (Å²) in [6.45, 7) is 5.80. The Morgan fingerprint density at radius 2 is 1.50 bits per heavy atom. The molecule has 0 aromatic heterocycles. The Bertz CT molecular complexity index is 1320. The second kappa shape index (κ2) is 11.5. The van der Waals surface area contributed by atoms with Crippen molar-refractivity contribution in [2.45, 2.75) is 37.3 Å². The molecule has 1 atom stereocenters. The quantitative estimate of drug-likeness (QED) is 0.283. The highest BCUT2D eigenvalue weighted by Gasteiger charge is 2.21. The molecule has 0 bridgehead atoms. The smallest absolute Gasteiger partial charge is 0.336 e. The van der Waals surface area contributed by atoms with Gasteiger partial charge >= 0.3 is 11.9 Å². The predicted molar refractivity (Wildman–Crippen MR) is 139 cm³/mol. The number of carboxylic acid groups (broad SMARTS) is 2. The van der Waals surface area contributed by atoms with Crippen LogP contribution in [-0.4, -0.2) is 39.2 Å². The lowest BCUT2D eigenvalue weighted by molar-refractivity contribution is -0.115. The van der Waals surface area contributed by atoms with Crippen molar-refractivity contribution >= 4 is 46.9 Å². The van der Waals surface area contributed by atoms with Crippen LogP contribution in [0.15, 0.2) is 65.6 Å². The Morgan fingerprint density at radius 1 is 0.833 bits per heavy atom. The Balaban J connectivity index is 1.76. The zero-order chi connectivity index (χ0) is 26.4. The van der Waals surface area contributed by atoms with E-state index in [0.717, 1.165) is 27.8 Å². The molecule has 3 rings (SSSR count). The van der Waals surface area contributed by atoms with Crippen LogP contribution < -0.4 is 10.6 Å². The molecule has 0 aliphatic rings. The van der Waals surface area contributed by atoms with Gasteiger partial charge in [-0.3, -0.25) is 9.59 Å². The molecule has 3 aromatic carbocycles. The normalized spacial score (nSPS) is 11.4. The number of hydrogen-bond donors (Lipinski definition) is 4. The van der Waals surface area contributed by atoms with Crippen molar-refractivity contribution in [2.75, 3.05) is 10.6 Å². The van der Waals surface area contributed by atoms with Gasteiger partial charge in [-0.15, -0.1) is 11.8 Å². The molecule has 0 aliphatic carbocycles. The van der Waals surface area contributed by atoms with Gasteiger partial charge in [0.15, 0.2) is 0 Å². The number of thioether (sulfide) groups is 1. The molecule has 4 N–H and O–H groups in total. The number of carbonyl (C=O) groups is 4. The van der Waals surface area contributed by atoms with Gasteiger partial charge in [-0.05, 0) is 67.8 Å². The zero-order valence-electron chi connectivity index (χ0n) is 20.0. The van der Waals surface area contributed by atoms with E-state index in [4.69, 9.17) is 5.11 Å². The first-order valence-corrected chi connectivity index (χ1v) is 12.0. The average molecular weight is 507 g/mol. The van der Waals surface area contributed by atoms with E-state index >= 15 is 0 Å². The van der Waals surface area contributed by atoms with Crippen LogP contribution >= 0.6 is 11.8 Å². The number of carboxylic acids is 2. The minimum absolute atomic E-state index is 0.126. The van der Waals surface area contributed by atoms with E-state index < -0.39 is 23.4 Å². The predicted octanol–water partition coefficient (Wildman–Crippen LogP) is 5.46. The van der Waals surface area contributed by atoms with Crippen LogP contribution in [0, 0.1) is 13.8 Å². The SMILES string of the molecule is CCC(Sc1cccc(NC(=O)c2ccc(C(=O)O)cc2C(=O)O)c1)C(=O)Nc1c(C)cccc1C. The van der Waals surface area contributed by atoms with Gasteiger partial charge < -0.3 is 20.8 Å². The molecule has 1 unspecified atom stereocenters. The maximum absolute atomic E-state index is 13.0. The highest BCUT2D eigenvalue weighted by atomic mass is 32.2. The molecular formula is C27H26N2O6S. The van der Waals surface area contributed by atoms with Crippen LogP contribution in [0.2, 0.25) is 0 Å². The summed E-state index contributed by atoms with van der Waals surface area (Å²) >= 11 is 1.36. The topological polar surface area (TPSA) is 133 Å². The molecule has 0 saturated heterocycles. The van der Waals surface area contributed by atoms with E-state index in [-0.39, 0.29) is 22.3 Å². The summed E-state index contributed by atoms with van der Waals surface area (Å²) < 4.78 is 0. The lowest BCUT2D eigenvalue weighted by atomic mass is 10.0. The van der Waals surface area contributed by atoms with Gasteiger partial charge in [0.1, 0.15) is 0 Å². The Morgan fingerprint density at radius 3 is 2.11 bits per heavy atom. The van der Waals surface area contributed by atoms with Gasteiger partial charge in [-0.1, -0.05) is 31.2 Å². The van der Waals surface area contributed by atoms with Crippen molar-refractivity contribution < 1.29 is 29.4 Å². The zero-order valence-corrected chi connectivity index (χ0v) is 20.8. The summed E-state index contributed by atoms with van der Waals surface area (Å²) in [5.41, 5.74) is 2.36. The number of anilines is 2. The number of rotatable bonds is 9. The summed E-state index contributed by atoms with van der Waals surface area (Å²) in [5, 5.41) is 23.8. The number of hydrogen-bond acceptors (Lipinski definition) is 5. The monoisotopic (exact) mass is 506 g/mol. The fourth-order valence-electron chi connectivity index (χ4n) is 3.60. The number of para-hydroxylation sites is 1. The Kier molecular flexibility index (Phi) is 8.50. The maximum Gasteiger partial charge on any atom is 0.336 e. The third kappa shape index (κ3) is 6.31. The minimum Gasteiger partial charge on any atom is -0.478 e. The standard InChI is InChI=1S/C27H26N2O6S/c1-4-22(25(31)29-23-15(2)7-5-8-16(23)3)36-19-10-6-9-18(14-19)28-24(30)20-12-11-17(26(32)33)13-21(20)27(34)35/h5-14,22H,4H2,1-3H3,(H,28,30)(H,29,31)(H,32,33)(H,34,35). The number of aryl methyl sites for hydroxylation is 2. The van der Waals surface area contributed by atoms with Crippen molar-refractivity contribution in [1.29, 1.82) is 0 Å². The molecule has 8 nitrogen and oxygen atoms in total. The summed E-state index contributed by atoms with van der Waals surface area (Å²) in [6.07, 6.45) is 0.579. The first-order chi connectivity index (χ1) is 17.1. The van der Waals surface area contributed by atoms with Crippen LogP contribution in [0.1, 0.15) is 55.5 Å². The van der Waals surface area contributed by atoms with Crippen molar-refractivity contribution in [2.24, 2.45) is 0 Å². The molecule has 3 aromatic rings. The molecule has 0 aliphatic heterocycles. The van der Waals surface area contributed by atoms with Gasteiger partial charge in [0.2, 0.25) is 5.91 Å². The van der Waals surface area contributed by atoms with Crippen LogP contribution in [0.4, 0.5) is 11.4 Å². The Hall–Kier alpha value is -4.11. The van der Waals surface area contributed by atoms with Gasteiger partial charge in [-0.2, -0.15) is 0 Å². The summed E-state index contributed by atoms with van der Waals surface area (Å²) in [6, 6.07) is 16.0. The van der Waals surface area contributed by atoms with E-state index in [1.54, 1.807) is 18.2 Å². The lowest BCUT2D eigenvalue weighted by Gasteiger charge is -2.18. The fraction of sp³-hybridized carbons (Fsp3) is 0.185. The number of aromatic carboxylic acids is 2. The molecule has 186 valence electrons. The van der Waals surface area contributed by atoms with Crippen molar-refractivity contribution in [1.82, 2.24) is 0 Å². The van der Waals surface area contributed by atoms with Crippen LogP contribution in [0.25, 0.3) is 0 Å². The first-order valence-electron chi connectivity index (χ1n) is 11.2. The van der Waals surface area contributed by atoms with E-state index in [2.05, 4.69) is 10.6 Å². The molecule has 0 heterocycles. The third-order valence-corrected chi connectivity index (χ3v) is 6.86. The molecular weight excluding hydrogens is 480 g/mol. The fourth-order valence-corrected chi connectivity index (χ4v) is 4.61. The summed E-state index contributed by atoms with van der Waals surface area (Å²) in [5.74, 6) is -3.51. The number of amides is 2. The number of benzene rings is 3. The van der Waals surface area contributed by atoms with E-state index in [0.29, 0.717) is 12.1 Å². The molecule has 36 heavy (non-hydrogen) atoms. The largest absolute Gasteiger partial charge is 0.478 e. The van der Waals surface area contributed by atoms with Gasteiger partial charge in [0.25, 0.3) is 5.91 Å². The van der Waals surface area contributed by atoms with Crippen molar-refractivity contribution in [3.63, 3.8) is 0 Å². The van der Waals surface area contributed by atoms with Gasteiger partial charge in [0, 0.05) is 16.3 Å². The lowest BCUT2D eigenvalue weighted by Crippen LogP contribution is -2.25. The van der Waals surface area contributed by atoms with Crippen LogP contribution in [0.3, 0.4) is 0 Å². The van der Waals surface area contributed by atoms with Gasteiger partial charge in [0.05, 0.1) is 21.9 Å². The van der Waals surface area contributed by atoms with E-state index in [1.807, 2.05) is 45.0 Å². The van der Waals surface area contributed by atoms with Crippen molar-refractivity contribution in [3.8, 4) is 0 Å². The summed E-state index contributed by atoms with van der Waals surface area (Å²) in [4.78, 5) is 49.3. The van der Waals surface area contributed by atoms with Crippen LogP contribution in [0.5, 0.6) is 0 Å². The molecule has 0 saturated carbocycles. The van der Waals surface area contributed by atoms with E-state index in [1.165, 1.54) is 23.9 Å². The van der Waals surface area contributed by atoms with Crippen molar-refractivity contribution in [3.05, 3.63) is 88.5 Å². The molecule has 0 radical (unpaired) electrons. The first kappa shape index (κ1) is 26.5. The average Bonchev–Trinajstić information content (AvgIpc) is 2.84. The maximum atomic E-state index is 13.0. The number of nitrogens with one attached hydrogen (secondary N) is 2. The molecule has 0 spiro atoms. The van der Waals surface area contributed by atoms with E-state index in [9.17, 15) is 24.3 Å². The molecule has 9 heteroatoms. The van der Waals surface area contributed by atoms with Gasteiger partial charge in [-0.25, -0.2) is 9.59 Å². The third-order valence-electron chi connectivity index (χ3n) is 5.50. The highest BCUT2D eigenvalue weighted by Crippen LogP contribution is 2.30. The molecule has 2 amide bonds. The molecule has 0 fully saturated rings. The Labute approximate surface area is 212 Å². The van der Waals surface area contributed by atoms with Crippen LogP contribution in [-0.2, 0) is 4.79 Å². The minimum atomic E-state index is -1.41. The number of carbonyl (C=O) groups excluding carboxylic acids is 2. The summed E-state index contributed by atoms with van der Waals surface area (Å²) in [7, 11) is 0. The second-order valence-electron chi connectivity index (χ2n) is 8.12. The highest BCUT2D eigenvalue weighted by molar-refractivity contribution is 8.00. The second-order valence-corrected chi connectivity index (χ2v) is 9.40.